The number of nitrogens with one attached hydrogen (secondary N) is 2. The number of carbonyl (C=O) groups is 1. The molecular formula is C16H17ClN2O. The van der Waals surface area contributed by atoms with Crippen LogP contribution in [-0.4, -0.2) is 6.03 Å². The van der Waals surface area contributed by atoms with E-state index in [-0.39, 0.29) is 6.03 Å². The number of rotatable bonds is 3. The SMILES string of the molecule is Cc1ccc(NC(=O)NCc2ccccc2Cl)cc1C. The zero-order chi connectivity index (χ0) is 14.5. The molecule has 0 aliphatic heterocycles. The number of hydrogen-bond donors (Lipinski definition) is 2. The smallest absolute Gasteiger partial charge is 0.319 e. The van der Waals surface area contributed by atoms with Crippen LogP contribution in [0.25, 0.3) is 0 Å². The van der Waals surface area contributed by atoms with E-state index in [0.29, 0.717) is 11.6 Å². The van der Waals surface area contributed by atoms with Crippen molar-refractivity contribution in [1.82, 2.24) is 5.32 Å². The van der Waals surface area contributed by atoms with E-state index in [0.717, 1.165) is 16.8 Å². The number of urea groups is 1. The lowest BCUT2D eigenvalue weighted by Gasteiger charge is -2.10. The summed E-state index contributed by atoms with van der Waals surface area (Å²) >= 11 is 6.03. The van der Waals surface area contributed by atoms with Gasteiger partial charge in [0.2, 0.25) is 0 Å². The second-order valence-electron chi connectivity index (χ2n) is 4.70. The highest BCUT2D eigenvalue weighted by molar-refractivity contribution is 6.31. The van der Waals surface area contributed by atoms with Gasteiger partial charge in [0.05, 0.1) is 0 Å². The van der Waals surface area contributed by atoms with Crippen LogP contribution in [0.1, 0.15) is 16.7 Å². The zero-order valence-corrected chi connectivity index (χ0v) is 12.3. The zero-order valence-electron chi connectivity index (χ0n) is 11.5. The summed E-state index contributed by atoms with van der Waals surface area (Å²) in [4.78, 5) is 11.8. The Hall–Kier alpha value is -2.00. The second kappa shape index (κ2) is 6.44. The van der Waals surface area contributed by atoms with E-state index in [1.165, 1.54) is 5.56 Å². The van der Waals surface area contributed by atoms with Gasteiger partial charge >= 0.3 is 6.03 Å². The van der Waals surface area contributed by atoms with Gasteiger partial charge in [-0.25, -0.2) is 4.79 Å². The van der Waals surface area contributed by atoms with Crippen molar-refractivity contribution in [3.8, 4) is 0 Å². The van der Waals surface area contributed by atoms with Crippen molar-refractivity contribution in [3.05, 3.63) is 64.2 Å². The molecule has 0 saturated carbocycles. The minimum atomic E-state index is -0.242. The Bertz CT molecular complexity index is 626. The van der Waals surface area contributed by atoms with Gasteiger partial charge in [-0.2, -0.15) is 0 Å². The predicted octanol–water partition coefficient (Wildman–Crippen LogP) is 4.28. The molecular weight excluding hydrogens is 272 g/mol. The fourth-order valence-corrected chi connectivity index (χ4v) is 2.01. The van der Waals surface area contributed by atoms with Crippen molar-refractivity contribution in [2.24, 2.45) is 0 Å². The van der Waals surface area contributed by atoms with E-state index in [9.17, 15) is 4.79 Å². The highest BCUT2D eigenvalue weighted by Crippen LogP contribution is 2.15. The van der Waals surface area contributed by atoms with E-state index in [4.69, 9.17) is 11.6 Å². The average Bonchev–Trinajstić information content (AvgIpc) is 2.42. The summed E-state index contributed by atoms with van der Waals surface area (Å²) in [6.45, 7) is 4.45. The maximum atomic E-state index is 11.8. The number of hydrogen-bond acceptors (Lipinski definition) is 1. The van der Waals surface area contributed by atoms with E-state index in [2.05, 4.69) is 10.6 Å². The summed E-state index contributed by atoms with van der Waals surface area (Å²) in [5.74, 6) is 0. The highest BCUT2D eigenvalue weighted by Gasteiger charge is 2.04. The van der Waals surface area contributed by atoms with Crippen LogP contribution in [0.2, 0.25) is 5.02 Å². The third-order valence-corrected chi connectivity index (χ3v) is 3.53. The fourth-order valence-electron chi connectivity index (χ4n) is 1.81. The molecule has 0 bridgehead atoms. The van der Waals surface area contributed by atoms with Crippen LogP contribution in [0.4, 0.5) is 10.5 Å². The van der Waals surface area contributed by atoms with Gasteiger partial charge in [-0.3, -0.25) is 0 Å². The molecule has 3 nitrogen and oxygen atoms in total. The molecule has 0 aliphatic carbocycles. The molecule has 0 unspecified atom stereocenters. The van der Waals surface area contributed by atoms with E-state index in [1.807, 2.05) is 50.2 Å². The third kappa shape index (κ3) is 3.75. The van der Waals surface area contributed by atoms with Crippen LogP contribution in [0.5, 0.6) is 0 Å². The van der Waals surface area contributed by atoms with Crippen LogP contribution in [0.3, 0.4) is 0 Å². The van der Waals surface area contributed by atoms with Crippen molar-refractivity contribution in [2.45, 2.75) is 20.4 Å². The molecule has 2 aromatic carbocycles. The lowest BCUT2D eigenvalue weighted by molar-refractivity contribution is 0.251. The fraction of sp³-hybridized carbons (Fsp3) is 0.188. The van der Waals surface area contributed by atoms with Crippen LogP contribution in [-0.2, 0) is 6.54 Å². The van der Waals surface area contributed by atoms with Crippen molar-refractivity contribution in [1.29, 1.82) is 0 Å². The van der Waals surface area contributed by atoms with Crippen molar-refractivity contribution < 1.29 is 4.79 Å². The Balaban J connectivity index is 1.93. The number of benzene rings is 2. The summed E-state index contributed by atoms with van der Waals surface area (Å²) in [5.41, 5.74) is 4.02. The molecule has 0 fully saturated rings. The van der Waals surface area contributed by atoms with Gasteiger partial charge in [0.15, 0.2) is 0 Å². The normalized spacial score (nSPS) is 10.2. The Kier molecular flexibility index (Phi) is 4.64. The van der Waals surface area contributed by atoms with Crippen LogP contribution in [0.15, 0.2) is 42.5 Å². The molecule has 0 atom stereocenters. The van der Waals surface area contributed by atoms with Crippen molar-refractivity contribution in [2.75, 3.05) is 5.32 Å². The minimum Gasteiger partial charge on any atom is -0.334 e. The summed E-state index contributed by atoms with van der Waals surface area (Å²) < 4.78 is 0. The topological polar surface area (TPSA) is 41.1 Å². The van der Waals surface area contributed by atoms with E-state index in [1.54, 1.807) is 6.07 Å². The monoisotopic (exact) mass is 288 g/mol. The van der Waals surface area contributed by atoms with Crippen LogP contribution in [0, 0.1) is 13.8 Å². The molecule has 2 amide bonds. The minimum absolute atomic E-state index is 0.242. The third-order valence-electron chi connectivity index (χ3n) is 3.16. The van der Waals surface area contributed by atoms with E-state index < -0.39 is 0 Å². The van der Waals surface area contributed by atoms with Crippen molar-refractivity contribution in [3.63, 3.8) is 0 Å². The first-order valence-electron chi connectivity index (χ1n) is 6.42. The first-order valence-corrected chi connectivity index (χ1v) is 6.79. The maximum Gasteiger partial charge on any atom is 0.319 e. The molecule has 4 heteroatoms. The molecule has 0 aromatic heterocycles. The summed E-state index contributed by atoms with van der Waals surface area (Å²) in [6, 6.07) is 13.0. The Morgan fingerprint density at radius 2 is 1.85 bits per heavy atom. The van der Waals surface area contributed by atoms with Gasteiger partial charge in [0.25, 0.3) is 0 Å². The summed E-state index contributed by atoms with van der Waals surface area (Å²) in [6.07, 6.45) is 0. The molecule has 0 aliphatic rings. The number of halogens is 1. The molecule has 0 radical (unpaired) electrons. The molecule has 20 heavy (non-hydrogen) atoms. The highest BCUT2D eigenvalue weighted by atomic mass is 35.5. The molecule has 0 saturated heterocycles. The van der Waals surface area contributed by atoms with Crippen LogP contribution >= 0.6 is 11.6 Å². The quantitative estimate of drug-likeness (QED) is 0.869. The van der Waals surface area contributed by atoms with Gasteiger partial charge in [-0.05, 0) is 48.7 Å². The Morgan fingerprint density at radius 1 is 1.10 bits per heavy atom. The average molecular weight is 289 g/mol. The van der Waals surface area contributed by atoms with Crippen LogP contribution < -0.4 is 10.6 Å². The molecule has 0 heterocycles. The summed E-state index contributed by atoms with van der Waals surface area (Å²) in [7, 11) is 0. The van der Waals surface area contributed by atoms with Gasteiger partial charge in [0.1, 0.15) is 0 Å². The van der Waals surface area contributed by atoms with Gasteiger partial charge in [-0.1, -0.05) is 35.9 Å². The number of carbonyl (C=O) groups excluding carboxylic acids is 1. The van der Waals surface area contributed by atoms with Gasteiger partial charge in [-0.15, -0.1) is 0 Å². The first kappa shape index (κ1) is 14.4. The van der Waals surface area contributed by atoms with E-state index >= 15 is 0 Å². The number of amides is 2. The predicted molar refractivity (Wildman–Crippen MR) is 83.2 cm³/mol. The van der Waals surface area contributed by atoms with Crippen molar-refractivity contribution >= 4 is 23.3 Å². The lowest BCUT2D eigenvalue weighted by Crippen LogP contribution is -2.28. The maximum absolute atomic E-state index is 11.8. The summed E-state index contributed by atoms with van der Waals surface area (Å²) in [5, 5.41) is 6.25. The standard InChI is InChI=1S/C16H17ClN2O/c1-11-7-8-14(9-12(11)2)19-16(20)18-10-13-5-3-4-6-15(13)17/h3-9H,10H2,1-2H3,(H2,18,19,20). The van der Waals surface area contributed by atoms with Gasteiger partial charge < -0.3 is 10.6 Å². The largest absolute Gasteiger partial charge is 0.334 e. The molecule has 2 aromatic rings. The lowest BCUT2D eigenvalue weighted by atomic mass is 10.1. The first-order chi connectivity index (χ1) is 9.56. The Morgan fingerprint density at radius 3 is 2.55 bits per heavy atom. The molecule has 2 N–H and O–H groups in total. The second-order valence-corrected chi connectivity index (χ2v) is 5.11. The molecule has 2 rings (SSSR count). The number of anilines is 1. The molecule has 0 spiro atoms. The Labute approximate surface area is 124 Å². The molecule has 104 valence electrons. The number of aryl methyl sites for hydroxylation is 2. The van der Waals surface area contributed by atoms with Gasteiger partial charge in [0, 0.05) is 17.3 Å².